The summed E-state index contributed by atoms with van der Waals surface area (Å²) >= 11 is 0. The Morgan fingerprint density at radius 2 is 1.77 bits per heavy atom. The first kappa shape index (κ1) is 23.3. The Hall–Kier alpha value is -0.750. The summed E-state index contributed by atoms with van der Waals surface area (Å²) in [6.45, 7) is 6.20. The van der Waals surface area contributed by atoms with Gasteiger partial charge in [0.05, 0.1) is 23.0 Å². The molecule has 1 fully saturated rings. The van der Waals surface area contributed by atoms with Crippen molar-refractivity contribution >= 4 is 32.5 Å². The van der Waals surface area contributed by atoms with Gasteiger partial charge < -0.3 is 10.5 Å². The Morgan fingerprint density at radius 1 is 1.19 bits per heavy atom. The van der Waals surface area contributed by atoms with Gasteiger partial charge in [0.25, 0.3) is 0 Å². The molecule has 11 heteroatoms. The van der Waals surface area contributed by atoms with Gasteiger partial charge >= 0.3 is 0 Å². The van der Waals surface area contributed by atoms with Crippen molar-refractivity contribution in [1.29, 1.82) is 0 Å². The highest BCUT2D eigenvalue weighted by Crippen LogP contribution is 2.24. The van der Waals surface area contributed by atoms with E-state index in [-0.39, 0.29) is 41.8 Å². The number of ether oxygens (including phenoxy) is 1. The number of nitrogens with zero attached hydrogens (tertiary/aromatic N) is 1. The van der Waals surface area contributed by atoms with Crippen molar-refractivity contribution in [3.8, 4) is 0 Å². The third-order valence-electron chi connectivity index (χ3n) is 3.78. The quantitative estimate of drug-likeness (QED) is 0.680. The molecule has 0 radical (unpaired) electrons. The van der Waals surface area contributed by atoms with Gasteiger partial charge in [0.15, 0.2) is 0 Å². The molecule has 0 saturated carbocycles. The summed E-state index contributed by atoms with van der Waals surface area (Å²) in [6.07, 6.45) is 0. The standard InChI is InChI=1S/C15H25N3O5S2.ClH/c1-12-4-5-13(24(19,20)17-11-15(2,3)16)10-14(12)25(21,22)18-6-8-23-9-7-18;/h4-5,10,17H,6-9,11,16H2,1-3H3;1H. The van der Waals surface area contributed by atoms with Crippen molar-refractivity contribution in [3.05, 3.63) is 23.8 Å². The van der Waals surface area contributed by atoms with Crippen LogP contribution in [0.15, 0.2) is 28.0 Å². The number of aryl methyl sites for hydroxylation is 1. The molecular formula is C15H26ClN3O5S2. The molecule has 2 rings (SSSR count). The average molecular weight is 428 g/mol. The first-order chi connectivity index (χ1) is 11.4. The third kappa shape index (κ3) is 5.62. The van der Waals surface area contributed by atoms with Crippen molar-refractivity contribution in [1.82, 2.24) is 9.03 Å². The topological polar surface area (TPSA) is 119 Å². The molecular weight excluding hydrogens is 402 g/mol. The lowest BCUT2D eigenvalue weighted by molar-refractivity contribution is 0.0730. The number of sulfonamides is 2. The SMILES string of the molecule is Cc1ccc(S(=O)(=O)NCC(C)(C)N)cc1S(=O)(=O)N1CCOCC1.Cl. The highest BCUT2D eigenvalue weighted by molar-refractivity contribution is 7.90. The van der Waals surface area contributed by atoms with E-state index in [0.717, 1.165) is 0 Å². The molecule has 0 unspecified atom stereocenters. The van der Waals surface area contributed by atoms with Crippen LogP contribution in [0.3, 0.4) is 0 Å². The predicted octanol–water partition coefficient (Wildman–Crippen LogP) is 0.453. The van der Waals surface area contributed by atoms with E-state index in [1.807, 2.05) is 0 Å². The van der Waals surface area contributed by atoms with Crippen LogP contribution in [0.5, 0.6) is 0 Å². The zero-order valence-electron chi connectivity index (χ0n) is 15.1. The molecule has 0 spiro atoms. The summed E-state index contributed by atoms with van der Waals surface area (Å²) in [5.74, 6) is 0. The number of hydrogen-bond acceptors (Lipinski definition) is 6. The van der Waals surface area contributed by atoms with Gasteiger partial charge in [0.2, 0.25) is 20.0 Å². The lowest BCUT2D eigenvalue weighted by atomic mass is 10.1. The largest absolute Gasteiger partial charge is 0.379 e. The van der Waals surface area contributed by atoms with E-state index < -0.39 is 25.6 Å². The smallest absolute Gasteiger partial charge is 0.243 e. The van der Waals surface area contributed by atoms with Gasteiger partial charge in [0.1, 0.15) is 0 Å². The summed E-state index contributed by atoms with van der Waals surface area (Å²) in [5, 5.41) is 0. The Labute approximate surface area is 161 Å². The molecule has 0 atom stereocenters. The highest BCUT2D eigenvalue weighted by Gasteiger charge is 2.29. The van der Waals surface area contributed by atoms with Crippen molar-refractivity contribution in [3.63, 3.8) is 0 Å². The van der Waals surface area contributed by atoms with Crippen LogP contribution in [0.4, 0.5) is 0 Å². The molecule has 1 aliphatic heterocycles. The van der Waals surface area contributed by atoms with Crippen LogP contribution in [0.25, 0.3) is 0 Å². The van der Waals surface area contributed by atoms with Crippen LogP contribution < -0.4 is 10.5 Å². The Morgan fingerprint density at radius 3 is 2.31 bits per heavy atom. The number of nitrogens with one attached hydrogen (secondary N) is 1. The van der Waals surface area contributed by atoms with Crippen LogP contribution >= 0.6 is 12.4 Å². The first-order valence-corrected chi connectivity index (χ1v) is 10.8. The lowest BCUT2D eigenvalue weighted by Gasteiger charge is -2.27. The van der Waals surface area contributed by atoms with E-state index in [2.05, 4.69) is 4.72 Å². The Bertz CT molecular complexity index is 829. The molecule has 1 aromatic carbocycles. The van der Waals surface area contributed by atoms with Crippen molar-refractivity contribution < 1.29 is 21.6 Å². The number of nitrogens with two attached hydrogens (primary N) is 1. The highest BCUT2D eigenvalue weighted by atomic mass is 35.5. The number of halogens is 1. The van der Waals surface area contributed by atoms with Gasteiger partial charge in [0, 0.05) is 25.2 Å². The van der Waals surface area contributed by atoms with Crippen LogP contribution in [-0.2, 0) is 24.8 Å². The van der Waals surface area contributed by atoms with E-state index in [0.29, 0.717) is 18.8 Å². The second-order valence-corrected chi connectivity index (χ2v) is 10.4. The van der Waals surface area contributed by atoms with E-state index >= 15 is 0 Å². The fourth-order valence-corrected chi connectivity index (χ4v) is 5.30. The van der Waals surface area contributed by atoms with Crippen molar-refractivity contribution in [2.45, 2.75) is 36.1 Å². The van der Waals surface area contributed by atoms with Crippen molar-refractivity contribution in [2.75, 3.05) is 32.8 Å². The zero-order valence-corrected chi connectivity index (χ0v) is 17.5. The second kappa shape index (κ2) is 8.51. The molecule has 1 saturated heterocycles. The van der Waals surface area contributed by atoms with E-state index in [4.69, 9.17) is 10.5 Å². The summed E-state index contributed by atoms with van der Waals surface area (Å²) in [7, 11) is -7.64. The van der Waals surface area contributed by atoms with Gasteiger partial charge in [-0.3, -0.25) is 0 Å². The fraction of sp³-hybridized carbons (Fsp3) is 0.600. The molecule has 0 aromatic heterocycles. The average Bonchev–Trinajstić information content (AvgIpc) is 2.53. The molecule has 1 aromatic rings. The number of morpholine rings is 1. The van der Waals surface area contributed by atoms with Gasteiger partial charge in [-0.25, -0.2) is 21.6 Å². The van der Waals surface area contributed by atoms with Crippen LogP contribution in [-0.4, -0.2) is 59.5 Å². The summed E-state index contributed by atoms with van der Waals surface area (Å²) < 4.78 is 59.5. The zero-order chi connectivity index (χ0) is 18.9. The molecule has 1 aliphatic rings. The molecule has 150 valence electrons. The molecule has 0 bridgehead atoms. The normalized spacial score (nSPS) is 16.9. The number of rotatable bonds is 6. The fourth-order valence-electron chi connectivity index (χ4n) is 2.32. The summed E-state index contributed by atoms with van der Waals surface area (Å²) in [6, 6.07) is 4.08. The minimum absolute atomic E-state index is 0. The maximum Gasteiger partial charge on any atom is 0.243 e. The molecule has 0 aliphatic carbocycles. The molecule has 3 N–H and O–H groups in total. The van der Waals surface area contributed by atoms with E-state index in [9.17, 15) is 16.8 Å². The van der Waals surface area contributed by atoms with Crippen LogP contribution in [0.1, 0.15) is 19.4 Å². The van der Waals surface area contributed by atoms with Gasteiger partial charge in [-0.2, -0.15) is 4.31 Å². The molecule has 0 amide bonds. The Balaban J connectivity index is 0.00000338. The lowest BCUT2D eigenvalue weighted by Crippen LogP contribution is -2.45. The van der Waals surface area contributed by atoms with Gasteiger partial charge in [-0.1, -0.05) is 6.07 Å². The third-order valence-corrected chi connectivity index (χ3v) is 7.22. The van der Waals surface area contributed by atoms with E-state index in [1.165, 1.54) is 22.5 Å². The molecule has 1 heterocycles. The number of benzene rings is 1. The van der Waals surface area contributed by atoms with E-state index in [1.54, 1.807) is 20.8 Å². The maximum absolute atomic E-state index is 12.8. The van der Waals surface area contributed by atoms with Gasteiger partial charge in [-0.05, 0) is 38.5 Å². The number of hydrogen-bond donors (Lipinski definition) is 2. The maximum atomic E-state index is 12.8. The molecule has 26 heavy (non-hydrogen) atoms. The minimum atomic E-state index is -3.86. The summed E-state index contributed by atoms with van der Waals surface area (Å²) in [5.41, 5.74) is 5.57. The van der Waals surface area contributed by atoms with Crippen LogP contribution in [0, 0.1) is 6.92 Å². The minimum Gasteiger partial charge on any atom is -0.379 e. The monoisotopic (exact) mass is 427 g/mol. The predicted molar refractivity (Wildman–Crippen MR) is 101 cm³/mol. The van der Waals surface area contributed by atoms with Crippen LogP contribution in [0.2, 0.25) is 0 Å². The second-order valence-electron chi connectivity index (χ2n) is 6.76. The van der Waals surface area contributed by atoms with Crippen molar-refractivity contribution in [2.24, 2.45) is 5.73 Å². The first-order valence-electron chi connectivity index (χ1n) is 7.91. The summed E-state index contributed by atoms with van der Waals surface area (Å²) in [4.78, 5) is -0.113. The Kier molecular flexibility index (Phi) is 7.62. The van der Waals surface area contributed by atoms with Gasteiger partial charge in [-0.15, -0.1) is 12.4 Å². The molecule has 8 nitrogen and oxygen atoms in total.